The molecule has 5 heteroatoms. The van der Waals surface area contributed by atoms with E-state index in [0.717, 1.165) is 44.2 Å². The Balaban J connectivity index is 2.04. The molecule has 1 amide bonds. The number of carbonyl (C=O) groups excluding carboxylic acids is 1. The summed E-state index contributed by atoms with van der Waals surface area (Å²) in [4.78, 5) is 12.6. The highest BCUT2D eigenvalue weighted by molar-refractivity contribution is 5.94. The maximum absolute atomic E-state index is 12.6. The maximum Gasteiger partial charge on any atom is 0.233 e. The summed E-state index contributed by atoms with van der Waals surface area (Å²) in [6.07, 6.45) is 8.38. The van der Waals surface area contributed by atoms with E-state index in [1.54, 1.807) is 0 Å². The molecule has 5 nitrogen and oxygen atoms in total. The minimum atomic E-state index is -0.402. The van der Waals surface area contributed by atoms with Crippen molar-refractivity contribution in [2.45, 2.75) is 58.3 Å². The standard InChI is InChI=1S/C15H26N4O/c1-2-7-12-10-13(19-18-12)17-14(20)15(11-16)8-5-3-4-6-9-15/h10H,2-9,11,16H2,1H3,(H2,17,18,19,20). The van der Waals surface area contributed by atoms with Gasteiger partial charge in [0.25, 0.3) is 0 Å². The van der Waals surface area contributed by atoms with Gasteiger partial charge < -0.3 is 11.1 Å². The van der Waals surface area contributed by atoms with Gasteiger partial charge in [-0.1, -0.05) is 39.0 Å². The molecule has 0 unspecified atom stereocenters. The van der Waals surface area contributed by atoms with E-state index >= 15 is 0 Å². The summed E-state index contributed by atoms with van der Waals surface area (Å²) in [6.45, 7) is 2.54. The number of aryl methyl sites for hydroxylation is 1. The Morgan fingerprint density at radius 2 is 2.10 bits per heavy atom. The highest BCUT2D eigenvalue weighted by Crippen LogP contribution is 2.35. The average Bonchev–Trinajstić information content (AvgIpc) is 2.75. The van der Waals surface area contributed by atoms with E-state index in [1.807, 2.05) is 6.07 Å². The number of H-pyrrole nitrogens is 1. The van der Waals surface area contributed by atoms with Crippen molar-refractivity contribution in [1.82, 2.24) is 10.2 Å². The molecule has 1 aliphatic carbocycles. The van der Waals surface area contributed by atoms with Crippen LogP contribution in [0.3, 0.4) is 0 Å². The molecule has 0 aliphatic heterocycles. The lowest BCUT2D eigenvalue weighted by Gasteiger charge is -2.29. The summed E-state index contributed by atoms with van der Waals surface area (Å²) in [5.41, 5.74) is 6.58. The second-order valence-corrected chi connectivity index (χ2v) is 5.88. The lowest BCUT2D eigenvalue weighted by Crippen LogP contribution is -2.42. The van der Waals surface area contributed by atoms with Gasteiger partial charge in [0.15, 0.2) is 5.82 Å². The van der Waals surface area contributed by atoms with Crippen LogP contribution in [0.1, 0.15) is 57.6 Å². The molecule has 1 aromatic rings. The van der Waals surface area contributed by atoms with Crippen LogP contribution >= 0.6 is 0 Å². The van der Waals surface area contributed by atoms with E-state index < -0.39 is 5.41 Å². The fourth-order valence-electron chi connectivity index (χ4n) is 3.00. The second-order valence-electron chi connectivity index (χ2n) is 5.88. The zero-order chi connectivity index (χ0) is 14.4. The molecule has 112 valence electrons. The summed E-state index contributed by atoms with van der Waals surface area (Å²) >= 11 is 0. The molecule has 4 N–H and O–H groups in total. The number of rotatable bonds is 5. The minimum absolute atomic E-state index is 0.0384. The molecule has 1 heterocycles. The Morgan fingerprint density at radius 3 is 2.70 bits per heavy atom. The van der Waals surface area contributed by atoms with Crippen LogP contribution < -0.4 is 11.1 Å². The van der Waals surface area contributed by atoms with Crippen LogP contribution in [0.25, 0.3) is 0 Å². The van der Waals surface area contributed by atoms with E-state index in [-0.39, 0.29) is 5.91 Å². The first-order valence-electron chi connectivity index (χ1n) is 7.76. The molecule has 2 rings (SSSR count). The van der Waals surface area contributed by atoms with E-state index in [0.29, 0.717) is 12.4 Å². The summed E-state index contributed by atoms with van der Waals surface area (Å²) in [6, 6.07) is 1.92. The number of carbonyl (C=O) groups is 1. The monoisotopic (exact) mass is 278 g/mol. The minimum Gasteiger partial charge on any atom is -0.329 e. The first-order chi connectivity index (χ1) is 9.70. The van der Waals surface area contributed by atoms with Gasteiger partial charge >= 0.3 is 0 Å². The van der Waals surface area contributed by atoms with Gasteiger partial charge in [0.1, 0.15) is 0 Å². The molecular formula is C15H26N4O. The Morgan fingerprint density at radius 1 is 1.40 bits per heavy atom. The molecule has 1 aliphatic rings. The summed E-state index contributed by atoms with van der Waals surface area (Å²) in [5, 5.41) is 10.1. The Kier molecular flexibility index (Phi) is 5.17. The lowest BCUT2D eigenvalue weighted by atomic mass is 9.79. The molecule has 1 aromatic heterocycles. The molecule has 0 atom stereocenters. The maximum atomic E-state index is 12.6. The van der Waals surface area contributed by atoms with Crippen LogP contribution in [-0.4, -0.2) is 22.6 Å². The number of hydrogen-bond acceptors (Lipinski definition) is 3. The fraction of sp³-hybridized carbons (Fsp3) is 0.733. The number of anilines is 1. The van der Waals surface area contributed by atoms with Crippen LogP contribution in [0.15, 0.2) is 6.07 Å². The van der Waals surface area contributed by atoms with Crippen molar-refractivity contribution in [3.8, 4) is 0 Å². The van der Waals surface area contributed by atoms with Crippen LogP contribution in [-0.2, 0) is 11.2 Å². The van der Waals surface area contributed by atoms with E-state index in [1.165, 1.54) is 12.8 Å². The van der Waals surface area contributed by atoms with Crippen LogP contribution in [0.5, 0.6) is 0 Å². The predicted octanol–water partition coefficient (Wildman–Crippen LogP) is 2.60. The number of nitrogens with two attached hydrogens (primary N) is 1. The molecule has 0 radical (unpaired) electrons. The lowest BCUT2D eigenvalue weighted by molar-refractivity contribution is -0.125. The topological polar surface area (TPSA) is 83.8 Å². The van der Waals surface area contributed by atoms with Gasteiger partial charge in [-0.25, -0.2) is 0 Å². The van der Waals surface area contributed by atoms with Crippen LogP contribution in [0, 0.1) is 5.41 Å². The second kappa shape index (κ2) is 6.88. The number of aromatic amines is 1. The molecule has 0 aromatic carbocycles. The number of nitrogens with zero attached hydrogens (tertiary/aromatic N) is 1. The average molecular weight is 278 g/mol. The van der Waals surface area contributed by atoms with Gasteiger partial charge in [-0.15, -0.1) is 0 Å². The van der Waals surface area contributed by atoms with Crippen molar-refractivity contribution in [2.75, 3.05) is 11.9 Å². The summed E-state index contributed by atoms with van der Waals surface area (Å²) in [5.74, 6) is 0.659. The van der Waals surface area contributed by atoms with Gasteiger partial charge in [0.2, 0.25) is 5.91 Å². The molecular weight excluding hydrogens is 252 g/mol. The number of nitrogens with one attached hydrogen (secondary N) is 2. The van der Waals surface area contributed by atoms with Gasteiger partial charge in [-0.3, -0.25) is 9.89 Å². The van der Waals surface area contributed by atoms with E-state index in [4.69, 9.17) is 5.73 Å². The highest BCUT2D eigenvalue weighted by atomic mass is 16.2. The van der Waals surface area contributed by atoms with E-state index in [9.17, 15) is 4.79 Å². The predicted molar refractivity (Wildman–Crippen MR) is 80.4 cm³/mol. The Labute approximate surface area is 120 Å². The van der Waals surface area contributed by atoms with Crippen molar-refractivity contribution in [3.05, 3.63) is 11.8 Å². The van der Waals surface area contributed by atoms with Gasteiger partial charge in [-0.05, 0) is 19.3 Å². The van der Waals surface area contributed by atoms with Crippen molar-refractivity contribution in [3.63, 3.8) is 0 Å². The first-order valence-corrected chi connectivity index (χ1v) is 7.76. The third kappa shape index (κ3) is 3.39. The van der Waals surface area contributed by atoms with Crippen molar-refractivity contribution >= 4 is 11.7 Å². The third-order valence-electron chi connectivity index (χ3n) is 4.32. The molecule has 0 bridgehead atoms. The van der Waals surface area contributed by atoms with E-state index in [2.05, 4.69) is 22.4 Å². The normalized spacial score (nSPS) is 18.5. The van der Waals surface area contributed by atoms with Gasteiger partial charge in [0.05, 0.1) is 5.41 Å². The summed E-state index contributed by atoms with van der Waals surface area (Å²) in [7, 11) is 0. The fourth-order valence-corrected chi connectivity index (χ4v) is 3.00. The number of hydrogen-bond donors (Lipinski definition) is 3. The molecule has 0 spiro atoms. The van der Waals surface area contributed by atoms with Crippen LogP contribution in [0.2, 0.25) is 0 Å². The third-order valence-corrected chi connectivity index (χ3v) is 4.32. The summed E-state index contributed by atoms with van der Waals surface area (Å²) < 4.78 is 0. The number of amides is 1. The molecule has 20 heavy (non-hydrogen) atoms. The number of aromatic nitrogens is 2. The quantitative estimate of drug-likeness (QED) is 0.724. The Hall–Kier alpha value is -1.36. The zero-order valence-corrected chi connectivity index (χ0v) is 12.4. The SMILES string of the molecule is CCCc1cc(NC(=O)C2(CN)CCCCCC2)n[nH]1. The molecule has 0 saturated heterocycles. The van der Waals surface area contributed by atoms with Crippen molar-refractivity contribution in [2.24, 2.45) is 11.1 Å². The van der Waals surface area contributed by atoms with Crippen molar-refractivity contribution < 1.29 is 4.79 Å². The van der Waals surface area contributed by atoms with Gasteiger partial charge in [-0.2, -0.15) is 5.10 Å². The van der Waals surface area contributed by atoms with Gasteiger partial charge in [0, 0.05) is 18.3 Å². The van der Waals surface area contributed by atoms with Crippen molar-refractivity contribution in [1.29, 1.82) is 0 Å². The van der Waals surface area contributed by atoms with Crippen LogP contribution in [0.4, 0.5) is 5.82 Å². The highest BCUT2D eigenvalue weighted by Gasteiger charge is 2.37. The molecule has 1 fully saturated rings. The largest absolute Gasteiger partial charge is 0.329 e. The Bertz CT molecular complexity index is 433. The molecule has 1 saturated carbocycles. The zero-order valence-electron chi connectivity index (χ0n) is 12.4. The first kappa shape index (κ1) is 15.0. The smallest absolute Gasteiger partial charge is 0.233 e.